The fourth-order valence-corrected chi connectivity index (χ4v) is 5.46. The molecular formula is C24H17ClFN2O2S+. The number of aryl methyl sites for hydroxylation is 1. The Bertz CT molecular complexity index is 1290. The van der Waals surface area contributed by atoms with E-state index in [1.165, 1.54) is 28.8 Å². The number of thioether (sulfide) groups is 1. The predicted octanol–water partition coefficient (Wildman–Crippen LogP) is 5.43. The second-order valence-electron chi connectivity index (χ2n) is 7.48. The number of urea groups is 1. The number of halogens is 2. The van der Waals surface area contributed by atoms with Crippen LogP contribution in [0.25, 0.3) is 0 Å². The Hall–Kier alpha value is -2.96. The van der Waals surface area contributed by atoms with Crippen molar-refractivity contribution in [3.8, 4) is 0 Å². The highest BCUT2D eigenvalue weighted by Gasteiger charge is 2.53. The van der Waals surface area contributed by atoms with E-state index in [0.717, 1.165) is 16.0 Å². The van der Waals surface area contributed by atoms with E-state index in [0.29, 0.717) is 22.0 Å². The van der Waals surface area contributed by atoms with Crippen LogP contribution in [-0.2, 0) is 11.3 Å². The molecule has 31 heavy (non-hydrogen) atoms. The second-order valence-corrected chi connectivity index (χ2v) is 9.07. The van der Waals surface area contributed by atoms with Gasteiger partial charge >= 0.3 is 11.9 Å². The van der Waals surface area contributed by atoms with Gasteiger partial charge in [0.1, 0.15) is 23.8 Å². The minimum atomic E-state index is -0.568. The minimum absolute atomic E-state index is 0.153. The Morgan fingerprint density at radius 3 is 2.68 bits per heavy atom. The fraction of sp³-hybridized carbons (Fsp3) is 0.125. The van der Waals surface area contributed by atoms with E-state index in [9.17, 15) is 14.0 Å². The van der Waals surface area contributed by atoms with Crippen LogP contribution in [0.2, 0.25) is 5.02 Å². The third kappa shape index (κ3) is 3.36. The molecule has 0 bridgehead atoms. The number of amides is 3. The smallest absolute Gasteiger partial charge is 0.244 e. The van der Waals surface area contributed by atoms with Crippen LogP contribution in [0.1, 0.15) is 16.7 Å². The summed E-state index contributed by atoms with van der Waals surface area (Å²) in [4.78, 5) is 29.4. The summed E-state index contributed by atoms with van der Waals surface area (Å²) in [6.45, 7) is 1.99. The standard InChI is InChI=1S/C24H17ClFN2O2S/c1-14-9-10-16(25)12-19(14)28-23(29)22-21(18-7-2-3-8-20(18)31-22)27(24(28)30)13-15-5-4-6-17(26)11-15/h2-12,22H,13H2,1H3/q+1. The monoisotopic (exact) mass is 451 g/mol. The largest absolute Gasteiger partial charge is 0.506 e. The zero-order valence-corrected chi connectivity index (χ0v) is 18.1. The zero-order chi connectivity index (χ0) is 21.7. The number of rotatable bonds is 3. The molecule has 2 aliphatic rings. The fourth-order valence-electron chi connectivity index (χ4n) is 4.01. The van der Waals surface area contributed by atoms with Gasteiger partial charge in [-0.1, -0.05) is 41.9 Å². The number of benzene rings is 3. The summed E-state index contributed by atoms with van der Waals surface area (Å²) in [6, 6.07) is 18.5. The van der Waals surface area contributed by atoms with Crippen LogP contribution >= 0.6 is 23.4 Å². The Morgan fingerprint density at radius 2 is 1.87 bits per heavy atom. The maximum absolute atomic E-state index is 13.8. The predicted molar refractivity (Wildman–Crippen MR) is 120 cm³/mol. The highest BCUT2D eigenvalue weighted by Crippen LogP contribution is 2.41. The first-order valence-corrected chi connectivity index (χ1v) is 11.0. The second kappa shape index (κ2) is 7.62. The molecule has 0 aliphatic carbocycles. The first kappa shape index (κ1) is 20.0. The third-order valence-electron chi connectivity index (χ3n) is 5.46. The Kier molecular flexibility index (Phi) is 4.91. The lowest BCUT2D eigenvalue weighted by atomic mass is 10.0. The van der Waals surface area contributed by atoms with E-state index < -0.39 is 11.3 Å². The van der Waals surface area contributed by atoms with Crippen molar-refractivity contribution >= 4 is 46.7 Å². The van der Waals surface area contributed by atoms with Crippen molar-refractivity contribution in [2.24, 2.45) is 0 Å². The summed E-state index contributed by atoms with van der Waals surface area (Å²) < 4.78 is 15.4. The average molecular weight is 452 g/mol. The number of fused-ring (bicyclic) bond motifs is 3. The molecule has 0 spiro atoms. The van der Waals surface area contributed by atoms with Crippen molar-refractivity contribution in [1.29, 1.82) is 0 Å². The van der Waals surface area contributed by atoms with Crippen LogP contribution < -0.4 is 4.90 Å². The van der Waals surface area contributed by atoms with E-state index in [1.807, 2.05) is 31.2 Å². The topological polar surface area (TPSA) is 40.4 Å². The number of carbonyl (C=O) groups is 2. The van der Waals surface area contributed by atoms with E-state index >= 15 is 0 Å². The van der Waals surface area contributed by atoms with Crippen molar-refractivity contribution in [2.45, 2.75) is 23.6 Å². The molecule has 3 aromatic rings. The molecule has 3 amide bonds. The van der Waals surface area contributed by atoms with Gasteiger partial charge in [-0.15, -0.1) is 16.7 Å². The van der Waals surface area contributed by atoms with Gasteiger partial charge in [0, 0.05) is 21.5 Å². The molecule has 1 unspecified atom stereocenters. The van der Waals surface area contributed by atoms with Crippen LogP contribution in [0.15, 0.2) is 71.6 Å². The maximum atomic E-state index is 13.8. The molecule has 2 heterocycles. The lowest BCUT2D eigenvalue weighted by Crippen LogP contribution is -2.55. The van der Waals surface area contributed by atoms with Gasteiger partial charge in [0.15, 0.2) is 5.25 Å². The van der Waals surface area contributed by atoms with Gasteiger partial charge in [0.25, 0.3) is 0 Å². The molecule has 0 saturated heterocycles. The number of hydrogen-bond acceptors (Lipinski definition) is 3. The van der Waals surface area contributed by atoms with Gasteiger partial charge in [0.05, 0.1) is 0 Å². The van der Waals surface area contributed by atoms with Crippen molar-refractivity contribution in [3.63, 3.8) is 0 Å². The summed E-state index contributed by atoms with van der Waals surface area (Å²) >= 11 is 7.61. The lowest BCUT2D eigenvalue weighted by Gasteiger charge is -2.25. The molecule has 1 atom stereocenters. The van der Waals surface area contributed by atoms with Crippen LogP contribution in [0.5, 0.6) is 0 Å². The van der Waals surface area contributed by atoms with E-state index in [2.05, 4.69) is 0 Å². The molecule has 0 radical (unpaired) electrons. The molecule has 4 nitrogen and oxygen atoms in total. The van der Waals surface area contributed by atoms with Crippen LogP contribution in [0.4, 0.5) is 14.9 Å². The van der Waals surface area contributed by atoms with Gasteiger partial charge in [-0.05, 0) is 48.4 Å². The molecular weight excluding hydrogens is 435 g/mol. The van der Waals surface area contributed by atoms with E-state index in [-0.39, 0.29) is 18.3 Å². The van der Waals surface area contributed by atoms with Crippen molar-refractivity contribution in [3.05, 3.63) is 94.3 Å². The number of nitrogens with zero attached hydrogens (tertiary/aromatic N) is 2. The Labute approximate surface area is 188 Å². The maximum Gasteiger partial charge on any atom is 0.506 e. The third-order valence-corrected chi connectivity index (χ3v) is 6.96. The van der Waals surface area contributed by atoms with Gasteiger partial charge < -0.3 is 0 Å². The molecule has 0 N–H and O–H groups in total. The summed E-state index contributed by atoms with van der Waals surface area (Å²) in [5, 5.41) is -0.128. The average Bonchev–Trinajstić information content (AvgIpc) is 3.14. The minimum Gasteiger partial charge on any atom is -0.244 e. The van der Waals surface area contributed by atoms with E-state index in [1.54, 1.807) is 34.9 Å². The molecule has 0 fully saturated rings. The molecule has 7 heteroatoms. The normalized spacial score (nSPS) is 17.8. The van der Waals surface area contributed by atoms with Gasteiger partial charge in [0.2, 0.25) is 0 Å². The number of imide groups is 1. The molecule has 2 aliphatic heterocycles. The summed E-state index contributed by atoms with van der Waals surface area (Å²) in [7, 11) is 0. The first-order valence-electron chi connectivity index (χ1n) is 9.73. The summed E-state index contributed by atoms with van der Waals surface area (Å²) in [5.41, 5.74) is 3.38. The van der Waals surface area contributed by atoms with Crippen molar-refractivity contribution in [2.75, 3.05) is 4.90 Å². The SMILES string of the molecule is Cc1ccc(Cl)cc1N1C(=O)C2Sc3ccccc3C2=[N+](Cc2cccc(F)c2)C1=O. The van der Waals surface area contributed by atoms with Crippen LogP contribution in [0.3, 0.4) is 0 Å². The van der Waals surface area contributed by atoms with Crippen molar-refractivity contribution < 1.29 is 18.6 Å². The van der Waals surface area contributed by atoms with Gasteiger partial charge in [-0.3, -0.25) is 0 Å². The Balaban J connectivity index is 1.70. The lowest BCUT2D eigenvalue weighted by molar-refractivity contribution is -0.444. The highest BCUT2D eigenvalue weighted by molar-refractivity contribution is 8.02. The molecule has 0 aromatic heterocycles. The number of anilines is 1. The van der Waals surface area contributed by atoms with Gasteiger partial charge in [-0.25, -0.2) is 9.18 Å². The molecule has 0 saturated carbocycles. The van der Waals surface area contributed by atoms with E-state index in [4.69, 9.17) is 11.6 Å². The number of carbonyl (C=O) groups excluding carboxylic acids is 2. The van der Waals surface area contributed by atoms with Gasteiger partial charge in [-0.2, -0.15) is 9.37 Å². The van der Waals surface area contributed by atoms with Crippen molar-refractivity contribution in [1.82, 2.24) is 0 Å². The summed E-state index contributed by atoms with van der Waals surface area (Å²) in [6.07, 6.45) is 0. The zero-order valence-electron chi connectivity index (χ0n) is 16.5. The molecule has 5 rings (SSSR count). The Morgan fingerprint density at radius 1 is 1.06 bits per heavy atom. The van der Waals surface area contributed by atoms with Crippen LogP contribution in [-0.4, -0.2) is 27.5 Å². The summed E-state index contributed by atoms with van der Waals surface area (Å²) in [5.74, 6) is -0.676. The molecule has 154 valence electrons. The first-order chi connectivity index (χ1) is 14.9. The highest BCUT2D eigenvalue weighted by atomic mass is 35.5. The van der Waals surface area contributed by atoms with Crippen LogP contribution in [0, 0.1) is 12.7 Å². The number of hydrogen-bond donors (Lipinski definition) is 0. The molecule has 3 aromatic carbocycles. The quantitative estimate of drug-likeness (QED) is 0.498.